The summed E-state index contributed by atoms with van der Waals surface area (Å²) >= 11 is 3.22. The topological polar surface area (TPSA) is 59.2 Å². The third-order valence-corrected chi connectivity index (χ3v) is 2.59. The second-order valence-electron chi connectivity index (χ2n) is 2.69. The normalized spacial score (nSPS) is 9.93. The van der Waals surface area contributed by atoms with Gasteiger partial charge >= 0.3 is 5.97 Å². The van der Waals surface area contributed by atoms with Crippen molar-refractivity contribution in [1.29, 1.82) is 0 Å². The molecule has 0 aliphatic carbocycles. The number of rotatable bonds is 2. The molecule has 4 nitrogen and oxygen atoms in total. The Morgan fingerprint density at radius 2 is 2.29 bits per heavy atom. The highest BCUT2D eigenvalue weighted by molar-refractivity contribution is 9.10. The van der Waals surface area contributed by atoms with Gasteiger partial charge in [0.2, 0.25) is 0 Å². The summed E-state index contributed by atoms with van der Waals surface area (Å²) in [6.45, 7) is 3.63. The van der Waals surface area contributed by atoms with E-state index in [2.05, 4.69) is 20.9 Å². The van der Waals surface area contributed by atoms with E-state index < -0.39 is 11.5 Å². The van der Waals surface area contributed by atoms with Crippen LogP contribution in [-0.4, -0.2) is 17.6 Å². The van der Waals surface area contributed by atoms with Crippen LogP contribution in [0.1, 0.15) is 22.8 Å². The van der Waals surface area contributed by atoms with E-state index in [1.54, 1.807) is 13.8 Å². The average Bonchev–Trinajstić information content (AvgIpc) is 2.13. The van der Waals surface area contributed by atoms with Gasteiger partial charge in [-0.2, -0.15) is 0 Å². The zero-order valence-electron chi connectivity index (χ0n) is 7.89. The molecule has 0 amide bonds. The Labute approximate surface area is 89.4 Å². The maximum Gasteiger partial charge on any atom is 0.344 e. The fraction of sp³-hybridized carbons (Fsp3) is 0.333. The number of H-pyrrole nitrogens is 1. The van der Waals surface area contributed by atoms with Crippen molar-refractivity contribution in [1.82, 2.24) is 4.98 Å². The minimum atomic E-state index is -0.590. The van der Waals surface area contributed by atoms with Crippen molar-refractivity contribution < 1.29 is 9.53 Å². The molecule has 0 aromatic carbocycles. The number of hydrogen-bond acceptors (Lipinski definition) is 3. The van der Waals surface area contributed by atoms with E-state index >= 15 is 0 Å². The van der Waals surface area contributed by atoms with Crippen LogP contribution in [0, 0.1) is 6.92 Å². The summed E-state index contributed by atoms with van der Waals surface area (Å²) in [6, 6.07) is 0. The number of carbonyl (C=O) groups excluding carboxylic acids is 1. The molecule has 1 rings (SSSR count). The van der Waals surface area contributed by atoms with Crippen LogP contribution in [0.15, 0.2) is 15.5 Å². The molecule has 0 radical (unpaired) electrons. The minimum absolute atomic E-state index is 0.0567. The van der Waals surface area contributed by atoms with E-state index in [0.717, 1.165) is 0 Å². The molecule has 1 aromatic heterocycles. The van der Waals surface area contributed by atoms with Gasteiger partial charge in [-0.3, -0.25) is 4.79 Å². The van der Waals surface area contributed by atoms with E-state index in [1.807, 2.05) is 0 Å². The average molecular weight is 260 g/mol. The summed E-state index contributed by atoms with van der Waals surface area (Å²) < 4.78 is 5.45. The van der Waals surface area contributed by atoms with Crippen LogP contribution < -0.4 is 5.56 Å². The molecule has 1 N–H and O–H groups in total. The first kappa shape index (κ1) is 11.0. The number of ether oxygens (including phenoxy) is 1. The Morgan fingerprint density at radius 3 is 2.86 bits per heavy atom. The first-order valence-corrected chi connectivity index (χ1v) is 4.92. The van der Waals surface area contributed by atoms with Gasteiger partial charge < -0.3 is 9.72 Å². The number of hydrogen-bond donors (Lipinski definition) is 1. The minimum Gasteiger partial charge on any atom is -0.462 e. The van der Waals surface area contributed by atoms with Gasteiger partial charge in [0, 0.05) is 10.7 Å². The van der Waals surface area contributed by atoms with E-state index in [4.69, 9.17) is 4.74 Å². The number of esters is 1. The Kier molecular flexibility index (Phi) is 3.46. The molecule has 0 aliphatic rings. The summed E-state index contributed by atoms with van der Waals surface area (Å²) in [7, 11) is 0. The molecule has 0 saturated heterocycles. The van der Waals surface area contributed by atoms with Crippen molar-refractivity contribution in [2.45, 2.75) is 13.8 Å². The molecular formula is C9H10BrNO3. The maximum absolute atomic E-state index is 11.4. The number of aromatic nitrogens is 1. The predicted molar refractivity (Wildman–Crippen MR) is 55.5 cm³/mol. The van der Waals surface area contributed by atoms with Crippen LogP contribution in [0.25, 0.3) is 0 Å². The second-order valence-corrected chi connectivity index (χ2v) is 3.54. The Bertz CT molecular complexity index is 411. The van der Waals surface area contributed by atoms with Gasteiger partial charge in [0.05, 0.1) is 6.61 Å². The number of halogens is 1. The van der Waals surface area contributed by atoms with Gasteiger partial charge in [0.15, 0.2) is 0 Å². The Balaban J connectivity index is 3.26. The van der Waals surface area contributed by atoms with E-state index in [9.17, 15) is 9.59 Å². The molecule has 0 aliphatic heterocycles. The molecule has 76 valence electrons. The van der Waals surface area contributed by atoms with Crippen molar-refractivity contribution >= 4 is 21.9 Å². The highest BCUT2D eigenvalue weighted by Crippen LogP contribution is 2.15. The molecule has 5 heteroatoms. The molecule has 1 heterocycles. The largest absolute Gasteiger partial charge is 0.462 e. The molecule has 1 aromatic rings. The molecule has 0 atom stereocenters. The predicted octanol–water partition coefficient (Wildman–Crippen LogP) is 1.62. The van der Waals surface area contributed by atoms with Crippen molar-refractivity contribution in [3.63, 3.8) is 0 Å². The first-order valence-electron chi connectivity index (χ1n) is 4.12. The van der Waals surface area contributed by atoms with Crippen molar-refractivity contribution in [2.75, 3.05) is 6.61 Å². The number of nitrogens with one attached hydrogen (secondary N) is 1. The second kappa shape index (κ2) is 4.41. The summed E-state index contributed by atoms with van der Waals surface area (Å²) in [6.07, 6.45) is 1.50. The Hall–Kier alpha value is -1.10. The number of pyridine rings is 1. The van der Waals surface area contributed by atoms with Crippen molar-refractivity contribution in [3.8, 4) is 0 Å². The zero-order valence-corrected chi connectivity index (χ0v) is 9.47. The van der Waals surface area contributed by atoms with Crippen LogP contribution >= 0.6 is 15.9 Å². The highest BCUT2D eigenvalue weighted by atomic mass is 79.9. The number of carbonyl (C=O) groups is 1. The fourth-order valence-electron chi connectivity index (χ4n) is 1.05. The SMILES string of the molecule is CCOC(=O)c1c(C)c(Br)c[nH]c1=O. The lowest BCUT2D eigenvalue weighted by Crippen LogP contribution is -2.21. The van der Waals surface area contributed by atoms with E-state index in [-0.39, 0.29) is 12.2 Å². The van der Waals surface area contributed by atoms with Gasteiger partial charge in [0.25, 0.3) is 5.56 Å². The maximum atomic E-state index is 11.4. The fourth-order valence-corrected chi connectivity index (χ4v) is 1.36. The standard InChI is InChI=1S/C9H10BrNO3/c1-3-14-9(13)7-5(2)6(10)4-11-8(7)12/h4H,3H2,1-2H3,(H,11,12). The molecule has 0 unspecified atom stereocenters. The molecule has 0 spiro atoms. The molecule has 0 bridgehead atoms. The number of aromatic amines is 1. The molecule has 0 fully saturated rings. The van der Waals surface area contributed by atoms with Crippen molar-refractivity contribution in [3.05, 3.63) is 32.2 Å². The van der Waals surface area contributed by atoms with Gasteiger partial charge in [-0.1, -0.05) is 0 Å². The molecule has 14 heavy (non-hydrogen) atoms. The Morgan fingerprint density at radius 1 is 1.64 bits per heavy atom. The quantitative estimate of drug-likeness (QED) is 0.822. The highest BCUT2D eigenvalue weighted by Gasteiger charge is 2.16. The van der Waals surface area contributed by atoms with Gasteiger partial charge in [-0.25, -0.2) is 4.79 Å². The van der Waals surface area contributed by atoms with Crippen LogP contribution in [0.3, 0.4) is 0 Å². The van der Waals surface area contributed by atoms with E-state index in [1.165, 1.54) is 6.20 Å². The molecule has 0 saturated carbocycles. The lowest BCUT2D eigenvalue weighted by atomic mass is 10.1. The van der Waals surface area contributed by atoms with Crippen LogP contribution in [-0.2, 0) is 4.74 Å². The smallest absolute Gasteiger partial charge is 0.344 e. The summed E-state index contributed by atoms with van der Waals surface area (Å²) in [4.78, 5) is 25.2. The van der Waals surface area contributed by atoms with Crippen LogP contribution in [0.5, 0.6) is 0 Å². The summed E-state index contributed by atoms with van der Waals surface area (Å²) in [5.74, 6) is -0.590. The zero-order chi connectivity index (χ0) is 10.7. The summed E-state index contributed by atoms with van der Waals surface area (Å²) in [5.41, 5.74) is 0.220. The van der Waals surface area contributed by atoms with Gasteiger partial charge in [-0.05, 0) is 35.3 Å². The third-order valence-electron chi connectivity index (χ3n) is 1.77. The third kappa shape index (κ3) is 2.04. The van der Waals surface area contributed by atoms with Gasteiger partial charge in [0.1, 0.15) is 5.56 Å². The summed E-state index contributed by atoms with van der Waals surface area (Å²) in [5, 5.41) is 0. The first-order chi connectivity index (χ1) is 6.57. The van der Waals surface area contributed by atoms with Crippen LogP contribution in [0.4, 0.5) is 0 Å². The van der Waals surface area contributed by atoms with Crippen molar-refractivity contribution in [2.24, 2.45) is 0 Å². The monoisotopic (exact) mass is 259 g/mol. The van der Waals surface area contributed by atoms with E-state index in [0.29, 0.717) is 10.0 Å². The molecular weight excluding hydrogens is 250 g/mol. The lowest BCUT2D eigenvalue weighted by molar-refractivity contribution is 0.0523. The van der Waals surface area contributed by atoms with Gasteiger partial charge in [-0.15, -0.1) is 0 Å². The lowest BCUT2D eigenvalue weighted by Gasteiger charge is -2.05. The van der Waals surface area contributed by atoms with Crippen LogP contribution in [0.2, 0.25) is 0 Å².